The summed E-state index contributed by atoms with van der Waals surface area (Å²) in [7, 11) is 0. The molecule has 0 aromatic heterocycles. The standard InChI is InChI=1S/C2H4.2K.2H/c1-2;;;;/h1-2H2;;;;. The van der Waals surface area contributed by atoms with E-state index in [1.54, 1.807) is 0 Å². The van der Waals surface area contributed by atoms with Crippen LogP contribution in [-0.2, 0) is 0 Å². The van der Waals surface area contributed by atoms with Crippen LogP contribution in [0.2, 0.25) is 0 Å². The van der Waals surface area contributed by atoms with Gasteiger partial charge in [-0.3, -0.25) is 0 Å². The van der Waals surface area contributed by atoms with Gasteiger partial charge in [-0.1, -0.05) is 0 Å². The van der Waals surface area contributed by atoms with Crippen LogP contribution in [0.25, 0.3) is 0 Å². The van der Waals surface area contributed by atoms with Crippen molar-refractivity contribution in [3.8, 4) is 0 Å². The third kappa shape index (κ3) is 8.89. The second-order valence-electron chi connectivity index (χ2n) is 0. The SMILES string of the molecule is C=C.[KH].[KH]. The summed E-state index contributed by atoms with van der Waals surface area (Å²) >= 11 is 0. The molecule has 0 spiro atoms. The molecule has 0 aromatic rings. The number of hydrogen-bond acceptors (Lipinski definition) is 0. The monoisotopic (exact) mass is 108 g/mol. The Balaban J connectivity index is -0.00000000500. The summed E-state index contributed by atoms with van der Waals surface area (Å²) in [6, 6.07) is 0. The molecule has 0 saturated heterocycles. The van der Waals surface area contributed by atoms with Crippen molar-refractivity contribution in [2.24, 2.45) is 0 Å². The fourth-order valence-corrected chi connectivity index (χ4v) is 0. The van der Waals surface area contributed by atoms with Crippen LogP contribution in [0.1, 0.15) is 0 Å². The third-order valence-corrected chi connectivity index (χ3v) is 0. The predicted octanol–water partition coefficient (Wildman–Crippen LogP) is -0.495. The summed E-state index contributed by atoms with van der Waals surface area (Å²) in [5.74, 6) is 0. The Kier molecular flexibility index (Phi) is 65.5. The van der Waals surface area contributed by atoms with E-state index in [0.717, 1.165) is 0 Å². The molecule has 0 radical (unpaired) electrons. The summed E-state index contributed by atoms with van der Waals surface area (Å²) in [5, 5.41) is 0. The van der Waals surface area contributed by atoms with Crippen molar-refractivity contribution in [2.45, 2.75) is 0 Å². The van der Waals surface area contributed by atoms with Crippen molar-refractivity contribution in [3.63, 3.8) is 0 Å². The average molecular weight is 108 g/mol. The van der Waals surface area contributed by atoms with Gasteiger partial charge in [0.25, 0.3) is 0 Å². The van der Waals surface area contributed by atoms with Crippen molar-refractivity contribution in [3.05, 3.63) is 13.2 Å². The van der Waals surface area contributed by atoms with Gasteiger partial charge in [-0.2, -0.15) is 0 Å². The molecule has 0 amide bonds. The predicted molar refractivity (Wildman–Crippen MR) is 25.6 cm³/mol. The Bertz CT molecular complexity index is 4.00. The van der Waals surface area contributed by atoms with Crippen LogP contribution in [0.3, 0.4) is 0 Å². The van der Waals surface area contributed by atoms with E-state index in [9.17, 15) is 0 Å². The topological polar surface area (TPSA) is 0 Å². The summed E-state index contributed by atoms with van der Waals surface area (Å²) in [5.41, 5.74) is 0. The zero-order valence-electron chi connectivity index (χ0n) is 1.41. The van der Waals surface area contributed by atoms with Crippen molar-refractivity contribution >= 4 is 103 Å². The van der Waals surface area contributed by atoms with E-state index in [2.05, 4.69) is 13.2 Å². The van der Waals surface area contributed by atoms with Gasteiger partial charge in [0.05, 0.1) is 0 Å². The molecule has 0 fully saturated rings. The summed E-state index contributed by atoms with van der Waals surface area (Å²) in [6.07, 6.45) is 0. The second kappa shape index (κ2) is 16.6. The first-order valence-corrected chi connectivity index (χ1v) is 0.500. The van der Waals surface area contributed by atoms with Crippen LogP contribution in [0.4, 0.5) is 0 Å². The van der Waals surface area contributed by atoms with Gasteiger partial charge in [0, 0.05) is 0 Å². The minimum atomic E-state index is 0. The first-order chi connectivity index (χ1) is 1.00. The van der Waals surface area contributed by atoms with Crippen LogP contribution < -0.4 is 0 Å². The van der Waals surface area contributed by atoms with Gasteiger partial charge < -0.3 is 0 Å². The van der Waals surface area contributed by atoms with Gasteiger partial charge in [0.2, 0.25) is 0 Å². The van der Waals surface area contributed by atoms with Crippen molar-refractivity contribution < 1.29 is 0 Å². The molecule has 0 bridgehead atoms. The van der Waals surface area contributed by atoms with Crippen LogP contribution in [-0.4, -0.2) is 103 Å². The molecule has 0 aliphatic carbocycles. The van der Waals surface area contributed by atoms with E-state index in [-0.39, 0.29) is 103 Å². The molecule has 0 rings (SSSR count). The Morgan fingerprint density at radius 2 is 0.750 bits per heavy atom. The second-order valence-corrected chi connectivity index (χ2v) is 0. The zero-order valence-corrected chi connectivity index (χ0v) is 1.41. The first-order valence-electron chi connectivity index (χ1n) is 0.500. The first kappa shape index (κ1) is 15.7. The van der Waals surface area contributed by atoms with Gasteiger partial charge in [0.15, 0.2) is 0 Å². The zero-order chi connectivity index (χ0) is 2.00. The molecule has 0 aromatic carbocycles. The molecule has 0 heterocycles. The van der Waals surface area contributed by atoms with Gasteiger partial charge >= 0.3 is 103 Å². The minimum absolute atomic E-state index is 0. The van der Waals surface area contributed by atoms with Crippen molar-refractivity contribution in [2.75, 3.05) is 0 Å². The Labute approximate surface area is 112 Å². The van der Waals surface area contributed by atoms with Crippen molar-refractivity contribution in [1.82, 2.24) is 0 Å². The Morgan fingerprint density at radius 1 is 0.750 bits per heavy atom. The fraction of sp³-hybridized carbons (Fsp3) is 0. The Morgan fingerprint density at radius 3 is 0.750 bits per heavy atom. The van der Waals surface area contributed by atoms with Gasteiger partial charge in [-0.25, -0.2) is 0 Å². The quantitative estimate of drug-likeness (QED) is 0.290. The summed E-state index contributed by atoms with van der Waals surface area (Å²) < 4.78 is 0. The van der Waals surface area contributed by atoms with E-state index in [0.29, 0.717) is 0 Å². The summed E-state index contributed by atoms with van der Waals surface area (Å²) in [6.45, 7) is 6.00. The molecular formula is C2H6K2. The molecule has 0 aliphatic rings. The van der Waals surface area contributed by atoms with Gasteiger partial charge in [-0.05, 0) is 0 Å². The molecule has 16 valence electrons. The van der Waals surface area contributed by atoms with E-state index < -0.39 is 0 Å². The molecule has 0 saturated carbocycles. The van der Waals surface area contributed by atoms with Crippen LogP contribution in [0.15, 0.2) is 13.2 Å². The molecular weight excluding hydrogens is 102 g/mol. The number of rotatable bonds is 0. The van der Waals surface area contributed by atoms with Gasteiger partial charge in [0.1, 0.15) is 0 Å². The molecule has 0 aliphatic heterocycles. The van der Waals surface area contributed by atoms with Crippen molar-refractivity contribution in [1.29, 1.82) is 0 Å². The molecule has 0 nitrogen and oxygen atoms in total. The van der Waals surface area contributed by atoms with E-state index in [1.165, 1.54) is 0 Å². The fourth-order valence-electron chi connectivity index (χ4n) is 0. The van der Waals surface area contributed by atoms with Gasteiger partial charge in [-0.15, -0.1) is 13.2 Å². The summed E-state index contributed by atoms with van der Waals surface area (Å²) in [4.78, 5) is 0. The van der Waals surface area contributed by atoms with Crippen LogP contribution in [0.5, 0.6) is 0 Å². The molecule has 4 heavy (non-hydrogen) atoms. The molecule has 0 unspecified atom stereocenters. The van der Waals surface area contributed by atoms with E-state index in [4.69, 9.17) is 0 Å². The van der Waals surface area contributed by atoms with Crippen LogP contribution in [0, 0.1) is 0 Å². The molecule has 0 N–H and O–H groups in total. The van der Waals surface area contributed by atoms with E-state index >= 15 is 0 Å². The maximum atomic E-state index is 3.00. The maximum absolute atomic E-state index is 3.00. The molecule has 0 atom stereocenters. The van der Waals surface area contributed by atoms with E-state index in [1.807, 2.05) is 0 Å². The normalized spacial score (nSPS) is 1.00. The average Bonchev–Trinajstić information content (AvgIpc) is 1.00. The van der Waals surface area contributed by atoms with Crippen LogP contribution >= 0.6 is 0 Å². The molecule has 2 heteroatoms. The number of hydrogen-bond donors (Lipinski definition) is 0. The third-order valence-electron chi connectivity index (χ3n) is 0. The Hall–Kier alpha value is 3.01.